The molecule has 1 fully saturated rings. The zero-order valence-corrected chi connectivity index (χ0v) is 24.0. The van der Waals surface area contributed by atoms with Crippen LogP contribution in [0, 0.1) is 12.7 Å². The van der Waals surface area contributed by atoms with Gasteiger partial charge in [-0.15, -0.1) is 0 Å². The molecule has 9 nitrogen and oxygen atoms in total. The summed E-state index contributed by atoms with van der Waals surface area (Å²) in [5, 5.41) is 8.58. The van der Waals surface area contributed by atoms with Crippen LogP contribution in [0.15, 0.2) is 66.7 Å². The van der Waals surface area contributed by atoms with Gasteiger partial charge in [-0.2, -0.15) is 0 Å². The molecule has 2 heterocycles. The number of hydrogen-bond acceptors (Lipinski definition) is 7. The molecule has 0 aliphatic carbocycles. The predicted octanol–water partition coefficient (Wildman–Crippen LogP) is 4.04. The van der Waals surface area contributed by atoms with Crippen molar-refractivity contribution >= 4 is 17.4 Å². The van der Waals surface area contributed by atoms with Gasteiger partial charge in [0.2, 0.25) is 6.41 Å². The van der Waals surface area contributed by atoms with Gasteiger partial charge < -0.3 is 29.2 Å². The molecule has 0 radical (unpaired) electrons. The monoisotopic (exact) mass is 578 g/mol. The lowest BCUT2D eigenvalue weighted by Gasteiger charge is -2.32. The molecule has 2 N–H and O–H groups in total. The smallest absolute Gasteiger partial charge is 0.209 e. The number of nitrogens with one attached hydrogen (secondary N) is 1. The summed E-state index contributed by atoms with van der Waals surface area (Å²) >= 11 is 0. The fourth-order valence-corrected chi connectivity index (χ4v) is 4.47. The average Bonchev–Trinajstić information content (AvgIpc) is 3.44. The van der Waals surface area contributed by atoms with Crippen molar-refractivity contribution in [2.45, 2.75) is 13.5 Å². The molecular weight excluding hydrogens is 539 g/mol. The second-order valence-corrected chi connectivity index (χ2v) is 9.94. The van der Waals surface area contributed by atoms with E-state index in [0.29, 0.717) is 39.6 Å². The number of amides is 1. The number of aromatic amines is 1. The van der Waals surface area contributed by atoms with E-state index >= 15 is 0 Å². The lowest BCUT2D eigenvalue weighted by Crippen LogP contribution is -2.45. The maximum absolute atomic E-state index is 13.4. The van der Waals surface area contributed by atoms with E-state index in [9.17, 15) is 9.18 Å². The van der Waals surface area contributed by atoms with Crippen molar-refractivity contribution in [3.8, 4) is 17.1 Å². The predicted molar refractivity (Wildman–Crippen MR) is 160 cm³/mol. The molecule has 3 aromatic carbocycles. The average molecular weight is 579 g/mol. The molecule has 224 valence electrons. The van der Waals surface area contributed by atoms with Gasteiger partial charge in [0.05, 0.1) is 44.1 Å². The molecule has 5 rings (SSSR count). The van der Waals surface area contributed by atoms with Crippen LogP contribution in [0.25, 0.3) is 22.4 Å². The van der Waals surface area contributed by atoms with Crippen LogP contribution in [-0.2, 0) is 20.8 Å². The van der Waals surface area contributed by atoms with Crippen molar-refractivity contribution in [3.05, 3.63) is 83.7 Å². The highest BCUT2D eigenvalue weighted by Gasteiger charge is 2.16. The van der Waals surface area contributed by atoms with Gasteiger partial charge in [-0.3, -0.25) is 9.69 Å². The molecule has 1 aromatic heterocycles. The van der Waals surface area contributed by atoms with Crippen LogP contribution >= 0.6 is 0 Å². The first kappa shape index (κ1) is 31.1. The molecule has 1 aliphatic heterocycles. The Morgan fingerprint density at radius 1 is 0.929 bits per heavy atom. The minimum absolute atomic E-state index is 0.0345. The van der Waals surface area contributed by atoms with E-state index in [0.717, 1.165) is 66.3 Å². The van der Waals surface area contributed by atoms with Crippen LogP contribution in [0.4, 0.5) is 4.39 Å². The molecular formula is C32H39FN4O5. The molecule has 0 atom stereocenters. The molecule has 1 aliphatic rings. The van der Waals surface area contributed by atoms with E-state index in [-0.39, 0.29) is 12.4 Å². The van der Waals surface area contributed by atoms with Gasteiger partial charge in [0.1, 0.15) is 24.0 Å². The summed E-state index contributed by atoms with van der Waals surface area (Å²) in [5.74, 6) is 1.49. The number of H-pyrrole nitrogens is 1. The van der Waals surface area contributed by atoms with E-state index in [1.165, 1.54) is 11.6 Å². The highest BCUT2D eigenvalue weighted by molar-refractivity contribution is 5.80. The van der Waals surface area contributed by atoms with E-state index < -0.39 is 0 Å². The van der Waals surface area contributed by atoms with Gasteiger partial charge in [0.15, 0.2) is 0 Å². The minimum Gasteiger partial charge on any atom is -0.491 e. The number of aliphatic hydroxyl groups is 1. The molecule has 10 heteroatoms. The number of carbonyl (C=O) groups excluding carboxylic acids is 1. The SMILES string of the molecule is Cc1ccc2nc(-c3ccc(OCCOCCOCCO)cc3)[nH]c2c1.O=CN1CCN(Cc2ccccc2F)CC1. The van der Waals surface area contributed by atoms with Crippen molar-refractivity contribution in [2.75, 3.05) is 65.8 Å². The summed E-state index contributed by atoms with van der Waals surface area (Å²) in [6.45, 7) is 8.10. The molecule has 42 heavy (non-hydrogen) atoms. The largest absolute Gasteiger partial charge is 0.491 e. The number of rotatable bonds is 13. The van der Waals surface area contributed by atoms with Gasteiger partial charge >= 0.3 is 0 Å². The van der Waals surface area contributed by atoms with Crippen LogP contribution in [0.1, 0.15) is 11.1 Å². The maximum atomic E-state index is 13.4. The lowest BCUT2D eigenvalue weighted by atomic mass is 10.2. The summed E-state index contributed by atoms with van der Waals surface area (Å²) in [6, 6.07) is 20.9. The number of aliphatic hydroxyl groups excluding tert-OH is 1. The number of aryl methyl sites for hydroxylation is 1. The summed E-state index contributed by atoms with van der Waals surface area (Å²) in [5.41, 5.74) is 4.95. The lowest BCUT2D eigenvalue weighted by molar-refractivity contribution is -0.119. The zero-order chi connectivity index (χ0) is 29.6. The van der Waals surface area contributed by atoms with E-state index in [4.69, 9.17) is 19.3 Å². The molecule has 0 spiro atoms. The Morgan fingerprint density at radius 3 is 2.36 bits per heavy atom. The van der Waals surface area contributed by atoms with Crippen LogP contribution in [-0.4, -0.2) is 97.1 Å². The Bertz CT molecular complexity index is 1370. The van der Waals surface area contributed by atoms with Crippen molar-refractivity contribution in [3.63, 3.8) is 0 Å². The second kappa shape index (κ2) is 16.6. The fourth-order valence-electron chi connectivity index (χ4n) is 4.47. The summed E-state index contributed by atoms with van der Waals surface area (Å²) in [7, 11) is 0. The van der Waals surface area contributed by atoms with Crippen molar-refractivity contribution in [1.82, 2.24) is 19.8 Å². The standard InChI is InChI=1S/C20H24N2O4.C12H15FN2O/c1-15-2-7-18-19(14-15)22-20(21-18)16-3-5-17(6-4-16)26-13-12-25-11-10-24-9-8-23;13-12-4-2-1-3-11(12)9-14-5-7-15(10-16)8-6-14/h2-7,14,23H,8-13H2,1H3,(H,21,22);1-4,10H,5-9H2. The van der Waals surface area contributed by atoms with Crippen molar-refractivity contribution in [2.24, 2.45) is 0 Å². The third-order valence-corrected chi connectivity index (χ3v) is 6.78. The topological polar surface area (TPSA) is 100 Å². The fraction of sp³-hybridized carbons (Fsp3) is 0.375. The molecule has 0 unspecified atom stereocenters. The van der Waals surface area contributed by atoms with Crippen LogP contribution in [0.3, 0.4) is 0 Å². The third kappa shape index (κ3) is 9.63. The number of imidazole rings is 1. The first-order valence-corrected chi connectivity index (χ1v) is 14.2. The van der Waals surface area contributed by atoms with Crippen molar-refractivity contribution < 1.29 is 28.5 Å². The molecule has 0 saturated carbocycles. The van der Waals surface area contributed by atoms with Gasteiger partial charge in [0, 0.05) is 43.9 Å². The Morgan fingerprint density at radius 2 is 1.64 bits per heavy atom. The van der Waals surface area contributed by atoms with E-state index in [2.05, 4.69) is 33.9 Å². The quantitative estimate of drug-likeness (QED) is 0.182. The second-order valence-electron chi connectivity index (χ2n) is 9.94. The normalized spacial score (nSPS) is 13.5. The molecule has 1 saturated heterocycles. The van der Waals surface area contributed by atoms with Crippen LogP contribution < -0.4 is 4.74 Å². The summed E-state index contributed by atoms with van der Waals surface area (Å²) in [6.07, 6.45) is 0.875. The van der Waals surface area contributed by atoms with Gasteiger partial charge in [-0.05, 0) is 55.0 Å². The van der Waals surface area contributed by atoms with Gasteiger partial charge in [0.25, 0.3) is 0 Å². The van der Waals surface area contributed by atoms with Crippen LogP contribution in [0.5, 0.6) is 5.75 Å². The Balaban J connectivity index is 0.000000216. The summed E-state index contributed by atoms with van der Waals surface area (Å²) < 4.78 is 29.6. The van der Waals surface area contributed by atoms with E-state index in [1.54, 1.807) is 17.0 Å². The van der Waals surface area contributed by atoms with Gasteiger partial charge in [-0.25, -0.2) is 9.37 Å². The number of halogens is 1. The zero-order valence-electron chi connectivity index (χ0n) is 24.0. The number of nitrogens with zero attached hydrogens (tertiary/aromatic N) is 3. The molecule has 0 bridgehead atoms. The first-order valence-electron chi connectivity index (χ1n) is 14.2. The van der Waals surface area contributed by atoms with Gasteiger partial charge in [-0.1, -0.05) is 24.3 Å². The Kier molecular flexibility index (Phi) is 12.3. The highest BCUT2D eigenvalue weighted by Crippen LogP contribution is 2.23. The molecule has 4 aromatic rings. The number of carbonyl (C=O) groups is 1. The molecule has 1 amide bonds. The van der Waals surface area contributed by atoms with E-state index in [1.807, 2.05) is 36.4 Å². The maximum Gasteiger partial charge on any atom is 0.209 e. The Labute approximate surface area is 245 Å². The number of fused-ring (bicyclic) bond motifs is 1. The van der Waals surface area contributed by atoms with Crippen molar-refractivity contribution in [1.29, 1.82) is 0 Å². The highest BCUT2D eigenvalue weighted by atomic mass is 19.1. The van der Waals surface area contributed by atoms with Crippen LogP contribution in [0.2, 0.25) is 0 Å². The summed E-state index contributed by atoms with van der Waals surface area (Å²) in [4.78, 5) is 22.4. The minimum atomic E-state index is -0.152. The number of ether oxygens (including phenoxy) is 3. The Hall–Kier alpha value is -3.83. The number of aromatic nitrogens is 2. The number of piperazine rings is 1. The number of hydrogen-bond donors (Lipinski definition) is 2. The number of benzene rings is 3. The third-order valence-electron chi connectivity index (χ3n) is 6.78. The first-order chi connectivity index (χ1) is 20.6.